The average molecular weight is 400 g/mol. The first-order valence-corrected chi connectivity index (χ1v) is 9.66. The van der Waals surface area contributed by atoms with Crippen LogP contribution in [0.15, 0.2) is 41.5 Å². The molecule has 2 aromatic carbocycles. The second-order valence-corrected chi connectivity index (χ2v) is 5.99. The zero-order valence-electron chi connectivity index (χ0n) is 17.4. The number of nitrogens with one attached hydrogen (secondary N) is 1. The van der Waals surface area contributed by atoms with Gasteiger partial charge in [-0.3, -0.25) is 4.79 Å². The molecule has 0 aliphatic rings. The van der Waals surface area contributed by atoms with Crippen LogP contribution >= 0.6 is 0 Å². The molecule has 29 heavy (non-hydrogen) atoms. The molecule has 0 aliphatic heterocycles. The molecule has 0 aliphatic carbocycles. The highest BCUT2D eigenvalue weighted by atomic mass is 16.5. The van der Waals surface area contributed by atoms with Crippen LogP contribution in [0.25, 0.3) is 0 Å². The van der Waals surface area contributed by atoms with Gasteiger partial charge in [-0.15, -0.1) is 0 Å². The number of rotatable bonds is 11. The molecule has 0 aromatic heterocycles. The number of hydrogen-bond acceptors (Lipinski definition) is 6. The predicted octanol–water partition coefficient (Wildman–Crippen LogP) is 4.05. The van der Waals surface area contributed by atoms with E-state index in [-0.39, 0.29) is 5.91 Å². The maximum Gasteiger partial charge on any atom is 0.271 e. The van der Waals surface area contributed by atoms with Crippen LogP contribution in [0.4, 0.5) is 0 Å². The third kappa shape index (κ3) is 6.41. The largest absolute Gasteiger partial charge is 0.493 e. The summed E-state index contributed by atoms with van der Waals surface area (Å²) >= 11 is 0. The normalized spacial score (nSPS) is 10.6. The van der Waals surface area contributed by atoms with Crippen molar-refractivity contribution in [3.05, 3.63) is 47.5 Å². The number of nitrogens with zero attached hydrogens (tertiary/aromatic N) is 1. The van der Waals surface area contributed by atoms with Crippen molar-refractivity contribution in [1.82, 2.24) is 5.43 Å². The molecule has 2 rings (SSSR count). The lowest BCUT2D eigenvalue weighted by atomic mass is 10.2. The summed E-state index contributed by atoms with van der Waals surface area (Å²) in [5.74, 6) is 2.07. The second-order valence-electron chi connectivity index (χ2n) is 5.99. The fourth-order valence-corrected chi connectivity index (χ4v) is 2.52. The van der Waals surface area contributed by atoms with Gasteiger partial charge in [-0.05, 0) is 62.2 Å². The van der Waals surface area contributed by atoms with Crippen molar-refractivity contribution in [2.45, 2.75) is 27.2 Å². The van der Waals surface area contributed by atoms with Crippen molar-refractivity contribution in [1.29, 1.82) is 0 Å². The smallest absolute Gasteiger partial charge is 0.271 e. The first-order chi connectivity index (χ1) is 14.1. The van der Waals surface area contributed by atoms with E-state index in [0.717, 1.165) is 12.0 Å². The third-order valence-corrected chi connectivity index (χ3v) is 3.83. The predicted molar refractivity (Wildman–Crippen MR) is 113 cm³/mol. The Morgan fingerprint density at radius 3 is 2.28 bits per heavy atom. The maximum absolute atomic E-state index is 12.4. The molecule has 1 N–H and O–H groups in total. The van der Waals surface area contributed by atoms with Gasteiger partial charge in [0, 0.05) is 5.56 Å². The molecule has 156 valence electrons. The Labute approximate surface area is 171 Å². The van der Waals surface area contributed by atoms with Crippen LogP contribution in [0.3, 0.4) is 0 Å². The monoisotopic (exact) mass is 400 g/mol. The fraction of sp³-hybridized carbons (Fsp3) is 0.364. The number of amides is 1. The summed E-state index contributed by atoms with van der Waals surface area (Å²) < 4.78 is 22.0. The number of benzene rings is 2. The highest BCUT2D eigenvalue weighted by Crippen LogP contribution is 2.29. The molecule has 7 nitrogen and oxygen atoms in total. The van der Waals surface area contributed by atoms with E-state index < -0.39 is 0 Å². The van der Waals surface area contributed by atoms with E-state index >= 15 is 0 Å². The number of carbonyl (C=O) groups is 1. The van der Waals surface area contributed by atoms with E-state index in [9.17, 15) is 4.79 Å². The van der Waals surface area contributed by atoms with E-state index in [1.54, 1.807) is 31.5 Å². The van der Waals surface area contributed by atoms with Gasteiger partial charge >= 0.3 is 0 Å². The number of carbonyl (C=O) groups excluding carboxylic acids is 1. The molecule has 7 heteroatoms. The highest BCUT2D eigenvalue weighted by Gasteiger charge is 2.11. The van der Waals surface area contributed by atoms with Gasteiger partial charge in [0.15, 0.2) is 23.0 Å². The van der Waals surface area contributed by atoms with E-state index in [1.165, 1.54) is 0 Å². The molecule has 1 amide bonds. The van der Waals surface area contributed by atoms with Gasteiger partial charge < -0.3 is 18.9 Å². The molecule has 0 heterocycles. The van der Waals surface area contributed by atoms with Crippen LogP contribution in [-0.2, 0) is 0 Å². The summed E-state index contributed by atoms with van der Waals surface area (Å²) in [7, 11) is 1.55. The highest BCUT2D eigenvalue weighted by molar-refractivity contribution is 5.95. The quantitative estimate of drug-likeness (QED) is 0.455. The van der Waals surface area contributed by atoms with Crippen LogP contribution in [-0.4, -0.2) is 39.1 Å². The van der Waals surface area contributed by atoms with Gasteiger partial charge in [0.05, 0.1) is 33.1 Å². The van der Waals surface area contributed by atoms with Crippen molar-refractivity contribution >= 4 is 12.1 Å². The molecule has 0 radical (unpaired) electrons. The van der Waals surface area contributed by atoms with E-state index in [2.05, 4.69) is 10.5 Å². The van der Waals surface area contributed by atoms with Gasteiger partial charge in [0.2, 0.25) is 0 Å². The zero-order chi connectivity index (χ0) is 21.1. The average Bonchev–Trinajstić information content (AvgIpc) is 2.73. The van der Waals surface area contributed by atoms with Crippen LogP contribution in [0.5, 0.6) is 23.0 Å². The van der Waals surface area contributed by atoms with Crippen LogP contribution < -0.4 is 24.4 Å². The van der Waals surface area contributed by atoms with E-state index in [0.29, 0.717) is 48.4 Å². The minimum atomic E-state index is -0.349. The summed E-state index contributed by atoms with van der Waals surface area (Å²) in [4.78, 5) is 12.4. The Bertz CT molecular complexity index is 836. The second kappa shape index (κ2) is 11.6. The lowest BCUT2D eigenvalue weighted by Gasteiger charge is -2.12. The van der Waals surface area contributed by atoms with Crippen LogP contribution in [0.1, 0.15) is 43.1 Å². The summed E-state index contributed by atoms with van der Waals surface area (Å²) in [6.07, 6.45) is 2.47. The van der Waals surface area contributed by atoms with Crippen molar-refractivity contribution in [2.75, 3.05) is 26.9 Å². The van der Waals surface area contributed by atoms with Gasteiger partial charge in [0.25, 0.3) is 5.91 Å². The Morgan fingerprint density at radius 2 is 1.62 bits per heavy atom. The molecular formula is C22H28N2O5. The fourth-order valence-electron chi connectivity index (χ4n) is 2.52. The number of hydrogen-bond donors (Lipinski definition) is 1. The Kier molecular flexibility index (Phi) is 8.82. The van der Waals surface area contributed by atoms with Crippen LogP contribution in [0, 0.1) is 0 Å². The third-order valence-electron chi connectivity index (χ3n) is 3.83. The molecule has 0 spiro atoms. The first-order valence-electron chi connectivity index (χ1n) is 9.66. The molecule has 0 saturated heterocycles. The molecule has 0 fully saturated rings. The van der Waals surface area contributed by atoms with Crippen LogP contribution in [0.2, 0.25) is 0 Å². The Balaban J connectivity index is 2.07. The number of ether oxygens (including phenoxy) is 4. The van der Waals surface area contributed by atoms with Gasteiger partial charge in [-0.25, -0.2) is 5.43 Å². The lowest BCUT2D eigenvalue weighted by molar-refractivity contribution is 0.0954. The number of methoxy groups -OCH3 is 1. The van der Waals surface area contributed by atoms with Crippen molar-refractivity contribution in [3.63, 3.8) is 0 Å². The number of hydrazone groups is 1. The summed E-state index contributed by atoms with van der Waals surface area (Å²) in [5, 5.41) is 4.04. The topological polar surface area (TPSA) is 78.4 Å². The SMILES string of the molecule is CCCOc1ccc(/C=N/NC(=O)c2ccc(OC)c(OCC)c2)cc1OCC. The molecule has 0 bridgehead atoms. The lowest BCUT2D eigenvalue weighted by Crippen LogP contribution is -2.17. The minimum Gasteiger partial charge on any atom is -0.493 e. The van der Waals surface area contributed by atoms with Crippen molar-refractivity contribution < 1.29 is 23.7 Å². The van der Waals surface area contributed by atoms with Gasteiger partial charge in [-0.2, -0.15) is 5.10 Å². The molecule has 0 saturated carbocycles. The van der Waals surface area contributed by atoms with Crippen molar-refractivity contribution in [2.24, 2.45) is 5.10 Å². The summed E-state index contributed by atoms with van der Waals surface area (Å²) in [5.41, 5.74) is 3.72. The zero-order valence-corrected chi connectivity index (χ0v) is 17.4. The van der Waals surface area contributed by atoms with Gasteiger partial charge in [-0.1, -0.05) is 6.92 Å². The summed E-state index contributed by atoms with van der Waals surface area (Å²) in [6, 6.07) is 10.5. The Morgan fingerprint density at radius 1 is 0.931 bits per heavy atom. The van der Waals surface area contributed by atoms with E-state index in [1.807, 2.05) is 39.0 Å². The first kappa shape index (κ1) is 22.1. The molecule has 0 unspecified atom stereocenters. The standard InChI is InChI=1S/C22H28N2O5/c1-5-12-29-19-10-8-16(13-20(19)27-6-2)15-23-24-22(25)17-9-11-18(26-4)21(14-17)28-7-3/h8-11,13-15H,5-7,12H2,1-4H3,(H,24,25)/b23-15+. The maximum atomic E-state index is 12.4. The molecule has 0 atom stereocenters. The minimum absolute atomic E-state index is 0.349. The summed E-state index contributed by atoms with van der Waals surface area (Å²) in [6.45, 7) is 7.44. The van der Waals surface area contributed by atoms with E-state index in [4.69, 9.17) is 18.9 Å². The molecular weight excluding hydrogens is 372 g/mol. The Hall–Kier alpha value is -3.22. The van der Waals surface area contributed by atoms with Crippen molar-refractivity contribution in [3.8, 4) is 23.0 Å². The van der Waals surface area contributed by atoms with Gasteiger partial charge in [0.1, 0.15) is 0 Å². The molecule has 2 aromatic rings.